The maximum Gasteiger partial charge on any atom is 0.282 e. The molecule has 3 rings (SSSR count). The van der Waals surface area contributed by atoms with Gasteiger partial charge in [0.05, 0.1) is 4.34 Å². The van der Waals surface area contributed by atoms with E-state index < -0.39 is 20.2 Å². The van der Waals surface area contributed by atoms with Crippen LogP contribution in [0.2, 0.25) is 4.34 Å². The van der Waals surface area contributed by atoms with Crippen molar-refractivity contribution in [1.82, 2.24) is 12.9 Å². The van der Waals surface area contributed by atoms with E-state index in [0.717, 1.165) is 37.0 Å². The molecule has 2 saturated heterocycles. The fourth-order valence-electron chi connectivity index (χ4n) is 3.14. The van der Waals surface area contributed by atoms with Gasteiger partial charge >= 0.3 is 0 Å². The van der Waals surface area contributed by atoms with Crippen molar-refractivity contribution < 1.29 is 16.8 Å². The Labute approximate surface area is 158 Å². The van der Waals surface area contributed by atoms with Gasteiger partial charge in [0.15, 0.2) is 0 Å². The lowest BCUT2D eigenvalue weighted by molar-refractivity contribution is 0.255. The molecule has 0 spiro atoms. The predicted molar refractivity (Wildman–Crippen MR) is 98.6 cm³/mol. The maximum absolute atomic E-state index is 12.8. The van der Waals surface area contributed by atoms with E-state index in [-0.39, 0.29) is 30.4 Å². The molecule has 0 saturated carbocycles. The fourth-order valence-corrected chi connectivity index (χ4v) is 7.87. The summed E-state index contributed by atoms with van der Waals surface area (Å²) in [4.78, 5) is 0. The molecule has 2 aliphatic rings. The minimum absolute atomic E-state index is 0.158. The lowest BCUT2D eigenvalue weighted by Gasteiger charge is -2.35. The number of hydrogen-bond donors (Lipinski definition) is 0. The molecule has 2 fully saturated rings. The molecule has 25 heavy (non-hydrogen) atoms. The van der Waals surface area contributed by atoms with E-state index in [1.165, 1.54) is 14.7 Å². The van der Waals surface area contributed by atoms with Gasteiger partial charge in [-0.15, -0.1) is 11.3 Å². The summed E-state index contributed by atoms with van der Waals surface area (Å²) in [5, 5.41) is 0. The molecule has 0 aliphatic carbocycles. The lowest BCUT2D eigenvalue weighted by Crippen LogP contribution is -2.54. The molecule has 3 heterocycles. The zero-order valence-electron chi connectivity index (χ0n) is 13.8. The van der Waals surface area contributed by atoms with Crippen molar-refractivity contribution in [2.75, 3.05) is 39.3 Å². The highest BCUT2D eigenvalue weighted by molar-refractivity contribution is 7.91. The highest BCUT2D eigenvalue weighted by Crippen LogP contribution is 2.29. The van der Waals surface area contributed by atoms with E-state index in [1.807, 2.05) is 0 Å². The third kappa shape index (κ3) is 4.20. The van der Waals surface area contributed by atoms with Crippen LogP contribution in [0.25, 0.3) is 0 Å². The van der Waals surface area contributed by atoms with Gasteiger partial charge in [-0.1, -0.05) is 24.4 Å². The highest BCUT2D eigenvalue weighted by atomic mass is 35.5. The Hall–Kier alpha value is -0.230. The summed E-state index contributed by atoms with van der Waals surface area (Å²) < 4.78 is 55.7. The van der Waals surface area contributed by atoms with Crippen molar-refractivity contribution in [2.24, 2.45) is 0 Å². The molecule has 7 nitrogen and oxygen atoms in total. The molecule has 0 amide bonds. The number of rotatable bonds is 4. The summed E-state index contributed by atoms with van der Waals surface area (Å²) in [5.41, 5.74) is 0. The van der Waals surface area contributed by atoms with Gasteiger partial charge in [0.25, 0.3) is 20.2 Å². The topological polar surface area (TPSA) is 78.0 Å². The van der Waals surface area contributed by atoms with Crippen LogP contribution >= 0.6 is 22.9 Å². The number of halogens is 1. The Kier molecular flexibility index (Phi) is 6.09. The number of nitrogens with zero attached hydrogens (tertiary/aromatic N) is 3. The number of sulfonamides is 1. The third-order valence-electron chi connectivity index (χ3n) is 4.56. The first-order valence-corrected chi connectivity index (χ1v) is 12.4. The Morgan fingerprint density at radius 2 is 1.28 bits per heavy atom. The highest BCUT2D eigenvalue weighted by Gasteiger charge is 2.36. The monoisotopic (exact) mass is 427 g/mol. The van der Waals surface area contributed by atoms with E-state index in [2.05, 4.69) is 0 Å². The Bertz CT molecular complexity index is 793. The van der Waals surface area contributed by atoms with Crippen LogP contribution in [0.3, 0.4) is 0 Å². The van der Waals surface area contributed by atoms with Gasteiger partial charge in [0, 0.05) is 39.3 Å². The molecule has 1 aromatic rings. The fraction of sp³-hybridized carbons (Fsp3) is 0.714. The van der Waals surface area contributed by atoms with Crippen molar-refractivity contribution in [3.63, 3.8) is 0 Å². The van der Waals surface area contributed by atoms with Gasteiger partial charge in [-0.05, 0) is 25.0 Å². The van der Waals surface area contributed by atoms with Gasteiger partial charge in [-0.3, -0.25) is 0 Å². The molecule has 0 aromatic carbocycles. The summed E-state index contributed by atoms with van der Waals surface area (Å²) in [6.45, 7) is 1.77. The Balaban J connectivity index is 1.67. The van der Waals surface area contributed by atoms with Crippen molar-refractivity contribution >= 4 is 43.2 Å². The summed E-state index contributed by atoms with van der Waals surface area (Å²) >= 11 is 6.85. The van der Waals surface area contributed by atoms with E-state index in [0.29, 0.717) is 17.4 Å². The second-order valence-electron chi connectivity index (χ2n) is 6.18. The molecule has 0 radical (unpaired) electrons. The minimum Gasteiger partial charge on any atom is -0.206 e. The Morgan fingerprint density at radius 1 is 0.760 bits per heavy atom. The van der Waals surface area contributed by atoms with E-state index >= 15 is 0 Å². The van der Waals surface area contributed by atoms with Crippen molar-refractivity contribution in [1.29, 1.82) is 0 Å². The Morgan fingerprint density at radius 3 is 1.80 bits per heavy atom. The van der Waals surface area contributed by atoms with Crippen molar-refractivity contribution in [3.8, 4) is 0 Å². The van der Waals surface area contributed by atoms with Crippen LogP contribution in [-0.2, 0) is 20.2 Å². The van der Waals surface area contributed by atoms with Crippen molar-refractivity contribution in [2.45, 2.75) is 29.9 Å². The van der Waals surface area contributed by atoms with E-state index in [4.69, 9.17) is 11.6 Å². The van der Waals surface area contributed by atoms with Crippen LogP contribution in [0.1, 0.15) is 25.7 Å². The first kappa shape index (κ1) is 19.5. The van der Waals surface area contributed by atoms with Crippen LogP contribution < -0.4 is 0 Å². The van der Waals surface area contributed by atoms with Crippen LogP contribution in [0.15, 0.2) is 16.3 Å². The molecule has 0 unspecified atom stereocenters. The van der Waals surface area contributed by atoms with Crippen LogP contribution in [0.5, 0.6) is 0 Å². The second kappa shape index (κ2) is 7.79. The van der Waals surface area contributed by atoms with E-state index in [9.17, 15) is 16.8 Å². The number of piperazine rings is 1. The van der Waals surface area contributed by atoms with Gasteiger partial charge in [-0.2, -0.15) is 21.3 Å². The predicted octanol–water partition coefficient (Wildman–Crippen LogP) is 1.83. The number of thiophene rings is 1. The third-order valence-corrected chi connectivity index (χ3v) is 10.2. The average Bonchev–Trinajstić information content (AvgIpc) is 2.86. The second-order valence-corrected chi connectivity index (χ2v) is 12.0. The summed E-state index contributed by atoms with van der Waals surface area (Å²) in [5.74, 6) is 0. The van der Waals surface area contributed by atoms with Crippen LogP contribution in [0, 0.1) is 0 Å². The molecule has 142 valence electrons. The number of hydrogen-bond acceptors (Lipinski definition) is 5. The molecular formula is C14H22ClN3O4S3. The molecule has 0 bridgehead atoms. The average molecular weight is 428 g/mol. The maximum atomic E-state index is 12.8. The van der Waals surface area contributed by atoms with Crippen LogP contribution in [-0.4, -0.2) is 69.0 Å². The molecule has 11 heteroatoms. The SMILES string of the molecule is O=S(=O)(c1ccc(Cl)s1)N1CCN(S(=O)(=O)N2CCCCCC2)CC1. The summed E-state index contributed by atoms with van der Waals surface area (Å²) in [6.07, 6.45) is 3.88. The summed E-state index contributed by atoms with van der Waals surface area (Å²) in [6, 6.07) is 3.04. The zero-order chi connectivity index (χ0) is 18.1. The molecular weight excluding hydrogens is 406 g/mol. The molecule has 0 N–H and O–H groups in total. The van der Waals surface area contributed by atoms with Gasteiger partial charge in [0.1, 0.15) is 4.21 Å². The molecule has 0 atom stereocenters. The zero-order valence-corrected chi connectivity index (χ0v) is 17.0. The first-order valence-electron chi connectivity index (χ1n) is 8.32. The van der Waals surface area contributed by atoms with Crippen LogP contribution in [0.4, 0.5) is 0 Å². The van der Waals surface area contributed by atoms with E-state index in [1.54, 1.807) is 10.4 Å². The molecule has 1 aromatic heterocycles. The minimum atomic E-state index is -3.61. The quantitative estimate of drug-likeness (QED) is 0.734. The largest absolute Gasteiger partial charge is 0.282 e. The standard InChI is InChI=1S/C14H22ClN3O4S3/c15-13-5-6-14(23-13)24(19,20)16-9-11-18(12-10-16)25(21,22)17-7-3-1-2-4-8-17/h5-6H,1-4,7-12H2. The van der Waals surface area contributed by atoms with Gasteiger partial charge in [0.2, 0.25) is 0 Å². The normalized spacial score (nSPS) is 22.8. The van der Waals surface area contributed by atoms with Gasteiger partial charge in [-0.25, -0.2) is 8.42 Å². The van der Waals surface area contributed by atoms with Gasteiger partial charge < -0.3 is 0 Å². The first-order chi connectivity index (χ1) is 11.8. The smallest absolute Gasteiger partial charge is 0.206 e. The summed E-state index contributed by atoms with van der Waals surface area (Å²) in [7, 11) is -7.12. The van der Waals surface area contributed by atoms with Crippen molar-refractivity contribution in [3.05, 3.63) is 16.5 Å². The lowest BCUT2D eigenvalue weighted by atomic mass is 10.2. The molecule has 2 aliphatic heterocycles.